The molecule has 0 atom stereocenters. The van der Waals surface area contributed by atoms with Crippen molar-refractivity contribution in [3.8, 4) is 11.3 Å². The maximum absolute atomic E-state index is 12.3. The number of rotatable bonds is 4. The topological polar surface area (TPSA) is 124 Å². The summed E-state index contributed by atoms with van der Waals surface area (Å²) >= 11 is 11.1. The van der Waals surface area contributed by atoms with Gasteiger partial charge in [-0.1, -0.05) is 35.9 Å². The molecule has 0 saturated heterocycles. The van der Waals surface area contributed by atoms with E-state index >= 15 is 0 Å². The summed E-state index contributed by atoms with van der Waals surface area (Å²) in [4.78, 5) is 35.1. The van der Waals surface area contributed by atoms with Crippen molar-refractivity contribution in [2.24, 2.45) is 0 Å². The SMILES string of the molecule is O=C(NC(=S)NNC(=O)c1ccccc1[N+](=O)O)c1ccc(-c2ccccc2Cl)o1. The van der Waals surface area contributed by atoms with Crippen LogP contribution in [0.4, 0.5) is 5.69 Å². The Bertz CT molecular complexity index is 1150. The fourth-order valence-electron chi connectivity index (χ4n) is 2.47. The molecule has 0 radical (unpaired) electrons. The minimum atomic E-state index is -0.754. The van der Waals surface area contributed by atoms with Gasteiger partial charge >= 0.3 is 5.69 Å². The highest BCUT2D eigenvalue weighted by Gasteiger charge is 2.23. The van der Waals surface area contributed by atoms with E-state index in [2.05, 4.69) is 16.2 Å². The summed E-state index contributed by atoms with van der Waals surface area (Å²) in [6, 6.07) is 15.6. The van der Waals surface area contributed by atoms with Crippen LogP contribution in [0.2, 0.25) is 5.02 Å². The summed E-state index contributed by atoms with van der Waals surface area (Å²) in [6.07, 6.45) is 0. The molecule has 9 nitrogen and oxygen atoms in total. The molecular weight excluding hydrogens is 432 g/mol. The van der Waals surface area contributed by atoms with Crippen molar-refractivity contribution < 1.29 is 24.1 Å². The molecule has 3 rings (SSSR count). The lowest BCUT2D eigenvalue weighted by atomic mass is 10.2. The van der Waals surface area contributed by atoms with Gasteiger partial charge in [0.1, 0.15) is 11.3 Å². The van der Waals surface area contributed by atoms with Crippen LogP contribution >= 0.6 is 23.8 Å². The number of nitrogens with one attached hydrogen (secondary N) is 3. The van der Waals surface area contributed by atoms with Crippen LogP contribution in [0.15, 0.2) is 65.1 Å². The highest BCUT2D eigenvalue weighted by Crippen LogP contribution is 2.28. The Kier molecular flexibility index (Phi) is 6.40. The minimum absolute atomic E-state index is 0.0204. The molecule has 4 N–H and O–H groups in total. The fraction of sp³-hybridized carbons (Fsp3) is 0. The standard InChI is InChI=1S/C19H13ClN4O5S/c20-13-7-3-1-5-11(13)15-9-10-16(29-15)18(26)21-19(30)23-22-17(25)12-6-2-4-8-14(12)24(27)28/h1-10H,(H3-,21,22,23,25,26,27,28,30)/p+1. The third-order valence-electron chi connectivity index (χ3n) is 3.84. The lowest BCUT2D eigenvalue weighted by Gasteiger charge is -2.09. The first-order chi connectivity index (χ1) is 14.4. The number of hydrogen-bond donors (Lipinski definition) is 4. The van der Waals surface area contributed by atoms with E-state index in [4.69, 9.17) is 33.4 Å². The molecule has 30 heavy (non-hydrogen) atoms. The van der Waals surface area contributed by atoms with E-state index in [1.165, 1.54) is 30.3 Å². The number of carbonyl (C=O) groups excluding carboxylic acids is 2. The van der Waals surface area contributed by atoms with Crippen molar-refractivity contribution in [3.05, 3.63) is 81.9 Å². The van der Waals surface area contributed by atoms with E-state index < -0.39 is 16.7 Å². The second-order valence-corrected chi connectivity index (χ2v) is 6.61. The first-order valence-corrected chi connectivity index (χ1v) is 9.17. The Balaban J connectivity index is 1.59. The predicted octanol–water partition coefficient (Wildman–Crippen LogP) is 3.35. The van der Waals surface area contributed by atoms with Crippen molar-refractivity contribution in [2.45, 2.75) is 0 Å². The van der Waals surface area contributed by atoms with Crippen molar-refractivity contribution in [3.63, 3.8) is 0 Å². The Morgan fingerprint density at radius 3 is 2.40 bits per heavy atom. The molecule has 2 amide bonds. The predicted molar refractivity (Wildman–Crippen MR) is 111 cm³/mol. The molecule has 2 aromatic carbocycles. The molecule has 152 valence electrons. The maximum atomic E-state index is 12.3. The summed E-state index contributed by atoms with van der Waals surface area (Å²) in [7, 11) is 0. The maximum Gasteiger partial charge on any atom is 0.329 e. The van der Waals surface area contributed by atoms with Gasteiger partial charge in [-0.25, -0.2) is 5.21 Å². The van der Waals surface area contributed by atoms with Gasteiger partial charge in [0.15, 0.2) is 10.9 Å². The smallest absolute Gasteiger partial charge is 0.329 e. The van der Waals surface area contributed by atoms with Gasteiger partial charge in [-0.3, -0.25) is 25.8 Å². The van der Waals surface area contributed by atoms with E-state index in [1.54, 1.807) is 30.3 Å². The fourth-order valence-corrected chi connectivity index (χ4v) is 2.85. The molecule has 11 heteroatoms. The van der Waals surface area contributed by atoms with E-state index in [0.29, 0.717) is 16.3 Å². The largest absolute Gasteiger partial charge is 0.451 e. The second-order valence-electron chi connectivity index (χ2n) is 5.80. The number of benzene rings is 2. The van der Waals surface area contributed by atoms with Crippen LogP contribution in [0.3, 0.4) is 0 Å². The van der Waals surface area contributed by atoms with Crippen LogP contribution < -0.4 is 16.2 Å². The molecular formula is C19H14ClN4O5S+. The van der Waals surface area contributed by atoms with E-state index in [1.807, 2.05) is 0 Å². The zero-order chi connectivity index (χ0) is 21.7. The Morgan fingerprint density at radius 2 is 1.67 bits per heavy atom. The number of thiocarbonyl (C=S) groups is 1. The van der Waals surface area contributed by atoms with Crippen molar-refractivity contribution in [1.29, 1.82) is 0 Å². The number of nitrogens with zero attached hydrogens (tertiary/aromatic N) is 1. The summed E-state index contributed by atoms with van der Waals surface area (Å²) in [5, 5.41) is 11.6. The molecule has 0 unspecified atom stereocenters. The van der Waals surface area contributed by atoms with Gasteiger partial charge in [0.25, 0.3) is 16.7 Å². The molecule has 0 saturated carbocycles. The van der Waals surface area contributed by atoms with Gasteiger partial charge in [0, 0.05) is 11.6 Å². The summed E-state index contributed by atoms with van der Waals surface area (Å²) in [5.74, 6) is -1.02. The minimum Gasteiger partial charge on any atom is -0.451 e. The van der Waals surface area contributed by atoms with Crippen molar-refractivity contribution >= 4 is 46.4 Å². The molecule has 3 aromatic rings. The van der Waals surface area contributed by atoms with Gasteiger partial charge in [0.2, 0.25) is 0 Å². The summed E-state index contributed by atoms with van der Waals surface area (Å²) in [6.45, 7) is 0. The highest BCUT2D eigenvalue weighted by atomic mass is 35.5. The summed E-state index contributed by atoms with van der Waals surface area (Å²) in [5.41, 5.74) is 4.82. The van der Waals surface area contributed by atoms with E-state index in [-0.39, 0.29) is 22.1 Å². The molecule has 0 aliphatic rings. The number of amides is 2. The number of halogens is 1. The third kappa shape index (κ3) is 4.80. The van der Waals surface area contributed by atoms with E-state index in [0.717, 1.165) is 0 Å². The highest BCUT2D eigenvalue weighted by molar-refractivity contribution is 7.80. The molecule has 0 aliphatic heterocycles. The molecule has 1 heterocycles. The second kappa shape index (κ2) is 9.16. The molecule has 0 aliphatic carbocycles. The molecule has 0 spiro atoms. The van der Waals surface area contributed by atoms with Gasteiger partial charge < -0.3 is 4.42 Å². The van der Waals surface area contributed by atoms with Crippen molar-refractivity contribution in [2.75, 3.05) is 0 Å². The van der Waals surface area contributed by atoms with Gasteiger partial charge in [0.05, 0.1) is 9.93 Å². The zero-order valence-corrected chi connectivity index (χ0v) is 16.7. The Morgan fingerprint density at radius 1 is 0.967 bits per heavy atom. The number of carbonyl (C=O) groups is 2. The average molecular weight is 446 g/mol. The van der Waals surface area contributed by atoms with Crippen molar-refractivity contribution in [1.82, 2.24) is 16.2 Å². The van der Waals surface area contributed by atoms with Crippen LogP contribution in [-0.2, 0) is 0 Å². The van der Waals surface area contributed by atoms with Crippen LogP contribution in [0.1, 0.15) is 20.9 Å². The monoisotopic (exact) mass is 445 g/mol. The third-order valence-corrected chi connectivity index (χ3v) is 4.37. The van der Waals surface area contributed by atoms with Crippen LogP contribution in [0.25, 0.3) is 11.3 Å². The van der Waals surface area contributed by atoms with Crippen LogP contribution in [-0.4, -0.2) is 27.1 Å². The number of furan rings is 1. The Hall–Kier alpha value is -3.76. The van der Waals surface area contributed by atoms with Gasteiger partial charge in [-0.15, -0.1) is 0 Å². The van der Waals surface area contributed by atoms with Crippen LogP contribution in [0.5, 0.6) is 0 Å². The molecule has 1 aromatic heterocycles. The lowest BCUT2D eigenvalue weighted by molar-refractivity contribution is -0.729. The summed E-state index contributed by atoms with van der Waals surface area (Å²) < 4.78 is 5.51. The number of hydrazine groups is 1. The average Bonchev–Trinajstić information content (AvgIpc) is 3.22. The first kappa shape index (κ1) is 21.0. The number of hydrogen-bond acceptors (Lipinski definition) is 5. The normalized spacial score (nSPS) is 10.2. The van der Waals surface area contributed by atoms with E-state index in [9.17, 15) is 14.5 Å². The lowest BCUT2D eigenvalue weighted by Crippen LogP contribution is -2.48. The van der Waals surface area contributed by atoms with Crippen LogP contribution in [0, 0.1) is 4.91 Å². The Labute approximate surface area is 180 Å². The quantitative estimate of drug-likeness (QED) is 0.358. The number of para-hydroxylation sites is 1. The van der Waals surface area contributed by atoms with Gasteiger partial charge in [-0.2, -0.15) is 0 Å². The molecule has 0 fully saturated rings. The first-order valence-electron chi connectivity index (χ1n) is 8.38. The van der Waals surface area contributed by atoms with Gasteiger partial charge in [-0.05, 0) is 42.5 Å². The molecule has 0 bridgehead atoms. The zero-order valence-electron chi connectivity index (χ0n) is 15.1.